The van der Waals surface area contributed by atoms with Gasteiger partial charge < -0.3 is 45.6 Å². The normalized spacial score (nSPS) is 20.6. The van der Waals surface area contributed by atoms with Gasteiger partial charge in [0, 0.05) is 6.42 Å². The Kier molecular flexibility index (Phi) is 13.8. The molecule has 0 aromatic carbocycles. The van der Waals surface area contributed by atoms with Gasteiger partial charge in [0.05, 0.1) is 37.6 Å². The van der Waals surface area contributed by atoms with E-state index >= 15 is 0 Å². The summed E-state index contributed by atoms with van der Waals surface area (Å²) in [6.07, 6.45) is -4.22. The van der Waals surface area contributed by atoms with Gasteiger partial charge in [0.25, 0.3) is 0 Å². The molecule has 0 aromatic heterocycles. The molecule has 7 atom stereocenters. The van der Waals surface area contributed by atoms with E-state index in [-0.39, 0.29) is 19.6 Å². The Bertz CT molecular complexity index is 529. The van der Waals surface area contributed by atoms with Crippen molar-refractivity contribution in [1.29, 1.82) is 0 Å². The lowest BCUT2D eigenvalue weighted by molar-refractivity contribution is -0.127. The first-order chi connectivity index (χ1) is 13.8. The zero-order chi connectivity index (χ0) is 23.5. The van der Waals surface area contributed by atoms with Gasteiger partial charge in [-0.1, -0.05) is 17.7 Å². The topological polar surface area (TPSA) is 171 Å². The molecule has 9 heteroatoms. The Balaban J connectivity index is 4.47. The number of aliphatic hydroxyl groups is 8. The van der Waals surface area contributed by atoms with E-state index in [0.717, 1.165) is 5.57 Å². The van der Waals surface area contributed by atoms with Crippen LogP contribution in [0.4, 0.5) is 0 Å². The number of aliphatic hydroxyl groups excluding tert-OH is 7. The van der Waals surface area contributed by atoms with E-state index in [1.165, 1.54) is 13.0 Å². The van der Waals surface area contributed by atoms with Gasteiger partial charge in [-0.2, -0.15) is 0 Å². The molecule has 0 unspecified atom stereocenters. The molecule has 0 spiro atoms. The summed E-state index contributed by atoms with van der Waals surface area (Å²) in [6, 6.07) is 0. The zero-order valence-corrected chi connectivity index (χ0v) is 18.3. The Morgan fingerprint density at radius 3 is 2.03 bits per heavy atom. The summed E-state index contributed by atoms with van der Waals surface area (Å²) in [4.78, 5) is 0. The standard InChI is InChI=1S/C21H40O9/c1-13(2)6-5-8-21(4,29)18(26)10-15(23)14(3)7-9-30-12-17(25)20(28)19(27)16(24)11-22/h6-7,15-20,22-29H,5,8-12H2,1-4H3/b14-7+/t15-,16+,17-,18-,19+,20-,21+/m0/s1. The fraction of sp³-hybridized carbons (Fsp3) is 0.810. The van der Waals surface area contributed by atoms with E-state index in [1.807, 2.05) is 19.9 Å². The van der Waals surface area contributed by atoms with Crippen molar-refractivity contribution < 1.29 is 45.6 Å². The lowest BCUT2D eigenvalue weighted by atomic mass is 9.88. The third-order valence-electron chi connectivity index (χ3n) is 5.03. The van der Waals surface area contributed by atoms with Crippen LogP contribution >= 0.6 is 0 Å². The maximum absolute atomic E-state index is 10.4. The summed E-state index contributed by atoms with van der Waals surface area (Å²) in [5.41, 5.74) is 0.278. The van der Waals surface area contributed by atoms with Crippen LogP contribution in [-0.4, -0.2) is 103 Å². The molecule has 0 aliphatic rings. The molecule has 9 nitrogen and oxygen atoms in total. The van der Waals surface area contributed by atoms with Gasteiger partial charge in [0.1, 0.15) is 24.4 Å². The van der Waals surface area contributed by atoms with Crippen LogP contribution in [-0.2, 0) is 4.74 Å². The first-order valence-corrected chi connectivity index (χ1v) is 10.1. The molecule has 0 rings (SSSR count). The molecule has 0 saturated heterocycles. The molecule has 0 aliphatic carbocycles. The Labute approximate surface area is 178 Å². The predicted molar refractivity (Wildman–Crippen MR) is 112 cm³/mol. The first-order valence-electron chi connectivity index (χ1n) is 10.1. The van der Waals surface area contributed by atoms with Gasteiger partial charge in [-0.25, -0.2) is 0 Å². The van der Waals surface area contributed by atoms with Gasteiger partial charge in [0.2, 0.25) is 0 Å². The maximum Gasteiger partial charge on any atom is 0.111 e. The molecule has 0 saturated carbocycles. The monoisotopic (exact) mass is 436 g/mol. The van der Waals surface area contributed by atoms with Crippen molar-refractivity contribution in [2.45, 2.75) is 89.2 Å². The Morgan fingerprint density at radius 2 is 1.50 bits per heavy atom. The molecule has 0 bridgehead atoms. The van der Waals surface area contributed by atoms with E-state index in [1.54, 1.807) is 6.92 Å². The van der Waals surface area contributed by atoms with Crippen molar-refractivity contribution in [3.05, 3.63) is 23.3 Å². The smallest absolute Gasteiger partial charge is 0.111 e. The number of ether oxygens (including phenoxy) is 1. The largest absolute Gasteiger partial charge is 0.394 e. The average Bonchev–Trinajstić information content (AvgIpc) is 2.68. The zero-order valence-electron chi connectivity index (χ0n) is 18.3. The number of allylic oxidation sites excluding steroid dienone is 2. The summed E-state index contributed by atoms with van der Waals surface area (Å²) in [5.74, 6) is 0. The molecule has 0 aromatic rings. The molecule has 0 amide bonds. The summed E-state index contributed by atoms with van der Waals surface area (Å²) in [6.45, 7) is 5.93. The summed E-state index contributed by atoms with van der Waals surface area (Å²) in [7, 11) is 0. The maximum atomic E-state index is 10.4. The lowest BCUT2D eigenvalue weighted by Gasteiger charge is -2.30. The van der Waals surface area contributed by atoms with Crippen LogP contribution in [0.2, 0.25) is 0 Å². The van der Waals surface area contributed by atoms with E-state index < -0.39 is 48.8 Å². The van der Waals surface area contributed by atoms with Crippen LogP contribution in [0.3, 0.4) is 0 Å². The van der Waals surface area contributed by atoms with E-state index in [4.69, 9.17) is 9.84 Å². The Morgan fingerprint density at radius 1 is 0.933 bits per heavy atom. The SMILES string of the molecule is CC(C)=CCC[C@@](C)(O)[C@@H](O)C[C@H](O)/C(C)=C/COC[C@H](O)[C@H](O)[C@H](O)[C@H](O)CO. The molecule has 30 heavy (non-hydrogen) atoms. The highest BCUT2D eigenvalue weighted by molar-refractivity contribution is 5.06. The van der Waals surface area contributed by atoms with Crippen molar-refractivity contribution in [1.82, 2.24) is 0 Å². The average molecular weight is 437 g/mol. The van der Waals surface area contributed by atoms with Crippen molar-refractivity contribution >= 4 is 0 Å². The third kappa shape index (κ3) is 10.9. The van der Waals surface area contributed by atoms with Gasteiger partial charge in [-0.15, -0.1) is 0 Å². The second-order valence-corrected chi connectivity index (χ2v) is 8.23. The van der Waals surface area contributed by atoms with E-state index in [2.05, 4.69) is 0 Å². The minimum Gasteiger partial charge on any atom is -0.394 e. The van der Waals surface area contributed by atoms with E-state index in [0.29, 0.717) is 18.4 Å². The second-order valence-electron chi connectivity index (χ2n) is 8.23. The summed E-state index contributed by atoms with van der Waals surface area (Å²) >= 11 is 0. The van der Waals surface area contributed by atoms with Crippen LogP contribution in [0.25, 0.3) is 0 Å². The highest BCUT2D eigenvalue weighted by atomic mass is 16.5. The quantitative estimate of drug-likeness (QED) is 0.118. The lowest BCUT2D eigenvalue weighted by Crippen LogP contribution is -2.47. The summed E-state index contributed by atoms with van der Waals surface area (Å²) < 4.78 is 5.18. The molecule has 0 fully saturated rings. The van der Waals surface area contributed by atoms with Crippen molar-refractivity contribution in [2.24, 2.45) is 0 Å². The highest BCUT2D eigenvalue weighted by Crippen LogP contribution is 2.23. The minimum absolute atomic E-state index is 0.0155. The summed E-state index contributed by atoms with van der Waals surface area (Å²) in [5, 5.41) is 77.9. The molecule has 178 valence electrons. The van der Waals surface area contributed by atoms with Gasteiger partial charge in [-0.05, 0) is 46.1 Å². The molecular weight excluding hydrogens is 396 g/mol. The number of hydrogen-bond acceptors (Lipinski definition) is 9. The third-order valence-corrected chi connectivity index (χ3v) is 5.03. The first kappa shape index (κ1) is 29.1. The Hall–Kier alpha value is -0.880. The predicted octanol–water partition coefficient (Wildman–Crippen LogP) is -1.01. The number of rotatable bonds is 15. The van der Waals surface area contributed by atoms with Crippen LogP contribution < -0.4 is 0 Å². The number of hydrogen-bond donors (Lipinski definition) is 8. The fourth-order valence-corrected chi connectivity index (χ4v) is 2.65. The van der Waals surface area contributed by atoms with Gasteiger partial charge >= 0.3 is 0 Å². The van der Waals surface area contributed by atoms with Crippen LogP contribution in [0.5, 0.6) is 0 Å². The van der Waals surface area contributed by atoms with Crippen molar-refractivity contribution in [3.63, 3.8) is 0 Å². The second kappa shape index (κ2) is 14.2. The fourth-order valence-electron chi connectivity index (χ4n) is 2.65. The van der Waals surface area contributed by atoms with E-state index in [9.17, 15) is 35.7 Å². The molecule has 0 heterocycles. The van der Waals surface area contributed by atoms with Crippen LogP contribution in [0.15, 0.2) is 23.3 Å². The molecular formula is C21H40O9. The molecule has 0 aliphatic heterocycles. The van der Waals surface area contributed by atoms with Crippen molar-refractivity contribution in [2.75, 3.05) is 19.8 Å². The molecule has 0 radical (unpaired) electrons. The highest BCUT2D eigenvalue weighted by Gasteiger charge is 2.32. The molecule has 8 N–H and O–H groups in total. The minimum atomic E-state index is -1.72. The van der Waals surface area contributed by atoms with Gasteiger partial charge in [-0.3, -0.25) is 0 Å². The van der Waals surface area contributed by atoms with Crippen LogP contribution in [0.1, 0.15) is 47.0 Å². The van der Waals surface area contributed by atoms with Crippen LogP contribution in [0, 0.1) is 0 Å². The van der Waals surface area contributed by atoms with Crippen molar-refractivity contribution in [3.8, 4) is 0 Å². The van der Waals surface area contributed by atoms with Gasteiger partial charge in [0.15, 0.2) is 0 Å².